The van der Waals surface area contributed by atoms with Gasteiger partial charge in [0.05, 0.1) is 11.5 Å². The SMILES string of the molecule is CN(C1CC1)C1CS(=O)(=O)CC1N. The number of sulfone groups is 1. The van der Waals surface area contributed by atoms with Crippen LogP contribution >= 0.6 is 0 Å². The molecule has 0 aromatic rings. The topological polar surface area (TPSA) is 63.4 Å². The number of nitrogens with zero attached hydrogens (tertiary/aromatic N) is 1. The second-order valence-electron chi connectivity index (χ2n) is 4.20. The van der Waals surface area contributed by atoms with Gasteiger partial charge in [-0.15, -0.1) is 0 Å². The first-order chi connectivity index (χ1) is 5.99. The number of rotatable bonds is 2. The molecule has 2 fully saturated rings. The monoisotopic (exact) mass is 204 g/mol. The molecule has 2 N–H and O–H groups in total. The van der Waals surface area contributed by atoms with Gasteiger partial charge in [0.2, 0.25) is 0 Å². The van der Waals surface area contributed by atoms with Crippen molar-refractivity contribution >= 4 is 9.84 Å². The van der Waals surface area contributed by atoms with E-state index in [0.29, 0.717) is 6.04 Å². The van der Waals surface area contributed by atoms with Crippen molar-refractivity contribution in [2.75, 3.05) is 18.6 Å². The Morgan fingerprint density at radius 3 is 2.31 bits per heavy atom. The highest BCUT2D eigenvalue weighted by Crippen LogP contribution is 2.30. The molecule has 0 radical (unpaired) electrons. The van der Waals surface area contributed by atoms with Gasteiger partial charge >= 0.3 is 0 Å². The Balaban J connectivity index is 2.07. The zero-order valence-electron chi connectivity index (χ0n) is 7.81. The second kappa shape index (κ2) is 2.93. The lowest BCUT2D eigenvalue weighted by molar-refractivity contribution is 0.234. The predicted molar refractivity (Wildman–Crippen MR) is 51.2 cm³/mol. The Morgan fingerprint density at radius 1 is 1.31 bits per heavy atom. The minimum Gasteiger partial charge on any atom is -0.325 e. The first-order valence-corrected chi connectivity index (χ1v) is 6.50. The number of nitrogens with two attached hydrogens (primary N) is 1. The quantitative estimate of drug-likeness (QED) is 0.640. The molecule has 76 valence electrons. The Kier molecular flexibility index (Phi) is 2.13. The van der Waals surface area contributed by atoms with Crippen LogP contribution in [0.2, 0.25) is 0 Å². The van der Waals surface area contributed by atoms with Crippen molar-refractivity contribution in [1.29, 1.82) is 0 Å². The molecule has 0 aromatic carbocycles. The van der Waals surface area contributed by atoms with Crippen molar-refractivity contribution in [2.24, 2.45) is 5.73 Å². The summed E-state index contributed by atoms with van der Waals surface area (Å²) < 4.78 is 22.6. The molecular weight excluding hydrogens is 188 g/mol. The van der Waals surface area contributed by atoms with Gasteiger partial charge in [-0.05, 0) is 19.9 Å². The summed E-state index contributed by atoms with van der Waals surface area (Å²) in [5.41, 5.74) is 5.80. The van der Waals surface area contributed by atoms with Crippen molar-refractivity contribution in [3.05, 3.63) is 0 Å². The Morgan fingerprint density at radius 2 is 1.92 bits per heavy atom. The molecule has 0 bridgehead atoms. The molecule has 1 heterocycles. The van der Waals surface area contributed by atoms with Gasteiger partial charge in [0, 0.05) is 18.1 Å². The standard InChI is InChI=1S/C8H16N2O2S/c1-10(6-2-3-6)8-5-13(11,12)4-7(8)9/h6-8H,2-5,9H2,1H3. The molecule has 0 amide bonds. The average molecular weight is 204 g/mol. The molecule has 5 heteroatoms. The molecule has 1 aliphatic carbocycles. The van der Waals surface area contributed by atoms with E-state index >= 15 is 0 Å². The van der Waals surface area contributed by atoms with Crippen LogP contribution in [0.5, 0.6) is 0 Å². The third-order valence-corrected chi connectivity index (χ3v) is 4.75. The first-order valence-electron chi connectivity index (χ1n) is 4.67. The van der Waals surface area contributed by atoms with Crippen LogP contribution < -0.4 is 5.73 Å². The van der Waals surface area contributed by atoms with Crippen molar-refractivity contribution in [3.63, 3.8) is 0 Å². The summed E-state index contributed by atoms with van der Waals surface area (Å²) >= 11 is 0. The summed E-state index contributed by atoms with van der Waals surface area (Å²) in [4.78, 5) is 2.15. The molecule has 1 aliphatic heterocycles. The molecule has 2 rings (SSSR count). The fourth-order valence-electron chi connectivity index (χ4n) is 2.03. The number of likely N-dealkylation sites (N-methyl/N-ethyl adjacent to an activating group) is 1. The molecule has 1 saturated heterocycles. The van der Waals surface area contributed by atoms with Crippen LogP contribution in [0.3, 0.4) is 0 Å². The van der Waals surface area contributed by atoms with Gasteiger partial charge in [-0.25, -0.2) is 8.42 Å². The van der Waals surface area contributed by atoms with E-state index in [1.165, 1.54) is 12.8 Å². The highest BCUT2D eigenvalue weighted by atomic mass is 32.2. The summed E-state index contributed by atoms with van der Waals surface area (Å²) in [6.07, 6.45) is 2.39. The van der Waals surface area contributed by atoms with Gasteiger partial charge in [-0.3, -0.25) is 4.90 Å². The number of hydrogen-bond donors (Lipinski definition) is 1. The molecule has 1 saturated carbocycles. The van der Waals surface area contributed by atoms with Gasteiger partial charge in [-0.2, -0.15) is 0 Å². The maximum atomic E-state index is 11.3. The summed E-state index contributed by atoms with van der Waals surface area (Å²) in [7, 11) is -0.873. The summed E-state index contributed by atoms with van der Waals surface area (Å²) in [6.45, 7) is 0. The lowest BCUT2D eigenvalue weighted by Gasteiger charge is -2.25. The van der Waals surface area contributed by atoms with E-state index in [-0.39, 0.29) is 23.6 Å². The maximum Gasteiger partial charge on any atom is 0.153 e. The average Bonchev–Trinajstić information content (AvgIpc) is 2.76. The fraction of sp³-hybridized carbons (Fsp3) is 1.00. The van der Waals surface area contributed by atoms with Crippen LogP contribution in [0.4, 0.5) is 0 Å². The summed E-state index contributed by atoms with van der Waals surface area (Å²) in [5.74, 6) is 0.413. The van der Waals surface area contributed by atoms with Crippen LogP contribution in [-0.2, 0) is 9.84 Å². The first kappa shape index (κ1) is 9.43. The minimum absolute atomic E-state index is 0.0532. The minimum atomic E-state index is -2.86. The highest BCUT2D eigenvalue weighted by Gasteiger charge is 2.41. The van der Waals surface area contributed by atoms with Crippen molar-refractivity contribution in [1.82, 2.24) is 4.90 Å². The Hall–Kier alpha value is -0.130. The van der Waals surface area contributed by atoms with Crippen molar-refractivity contribution in [3.8, 4) is 0 Å². The van der Waals surface area contributed by atoms with Gasteiger partial charge < -0.3 is 5.73 Å². The van der Waals surface area contributed by atoms with Gasteiger partial charge in [-0.1, -0.05) is 0 Å². The largest absolute Gasteiger partial charge is 0.325 e. The van der Waals surface area contributed by atoms with Crippen LogP contribution in [0.25, 0.3) is 0 Å². The van der Waals surface area contributed by atoms with Gasteiger partial charge in [0.1, 0.15) is 0 Å². The van der Waals surface area contributed by atoms with E-state index in [4.69, 9.17) is 5.73 Å². The highest BCUT2D eigenvalue weighted by molar-refractivity contribution is 7.91. The zero-order chi connectivity index (χ0) is 9.64. The smallest absolute Gasteiger partial charge is 0.153 e. The number of hydrogen-bond acceptors (Lipinski definition) is 4. The third-order valence-electron chi connectivity index (χ3n) is 3.01. The van der Waals surface area contributed by atoms with Crippen LogP contribution in [0.1, 0.15) is 12.8 Å². The van der Waals surface area contributed by atoms with E-state index in [9.17, 15) is 8.42 Å². The van der Waals surface area contributed by atoms with Crippen LogP contribution in [-0.4, -0.2) is 50.0 Å². The Labute approximate surface area is 79.0 Å². The Bertz CT molecular complexity index is 297. The van der Waals surface area contributed by atoms with Crippen molar-refractivity contribution < 1.29 is 8.42 Å². The lowest BCUT2D eigenvalue weighted by atomic mass is 10.1. The van der Waals surface area contributed by atoms with E-state index in [1.54, 1.807) is 0 Å². The molecule has 0 aromatic heterocycles. The van der Waals surface area contributed by atoms with Crippen LogP contribution in [0, 0.1) is 0 Å². The second-order valence-corrected chi connectivity index (χ2v) is 6.36. The molecular formula is C8H16N2O2S. The molecule has 2 unspecified atom stereocenters. The van der Waals surface area contributed by atoms with Crippen molar-refractivity contribution in [2.45, 2.75) is 31.0 Å². The normalized spacial score (nSPS) is 38.4. The van der Waals surface area contributed by atoms with Crippen LogP contribution in [0.15, 0.2) is 0 Å². The van der Waals surface area contributed by atoms with E-state index < -0.39 is 9.84 Å². The van der Waals surface area contributed by atoms with Gasteiger partial charge in [0.25, 0.3) is 0 Å². The van der Waals surface area contributed by atoms with Gasteiger partial charge in [0.15, 0.2) is 9.84 Å². The van der Waals surface area contributed by atoms with E-state index in [2.05, 4.69) is 4.90 Å². The molecule has 13 heavy (non-hydrogen) atoms. The lowest BCUT2D eigenvalue weighted by Crippen LogP contribution is -2.46. The third kappa shape index (κ3) is 1.87. The molecule has 4 nitrogen and oxygen atoms in total. The predicted octanol–water partition coefficient (Wildman–Crippen LogP) is -0.795. The molecule has 2 aliphatic rings. The molecule has 0 spiro atoms. The van der Waals surface area contributed by atoms with E-state index in [1.807, 2.05) is 7.05 Å². The maximum absolute atomic E-state index is 11.3. The zero-order valence-corrected chi connectivity index (χ0v) is 8.63. The van der Waals surface area contributed by atoms with E-state index in [0.717, 1.165) is 0 Å². The summed E-state index contributed by atoms with van der Waals surface area (Å²) in [5, 5.41) is 0. The molecule has 2 atom stereocenters. The summed E-state index contributed by atoms with van der Waals surface area (Å²) in [6, 6.07) is 0.456. The fourth-order valence-corrected chi connectivity index (χ4v) is 3.98.